The molecule has 1 heterocycles. The van der Waals surface area contributed by atoms with Gasteiger partial charge in [-0.1, -0.05) is 31.5 Å². The highest BCUT2D eigenvalue weighted by molar-refractivity contribution is 8.19. The first-order valence-corrected chi connectivity index (χ1v) is 10.4. The summed E-state index contributed by atoms with van der Waals surface area (Å²) in [5.74, 6) is 2.69. The molecule has 3 nitrogen and oxygen atoms in total. The second kappa shape index (κ2) is 7.87. The van der Waals surface area contributed by atoms with Gasteiger partial charge in [0.05, 0.1) is 6.61 Å². The quantitative estimate of drug-likeness (QED) is 0.290. The summed E-state index contributed by atoms with van der Waals surface area (Å²) in [6.45, 7) is 12.9. The third-order valence-corrected chi connectivity index (χ3v) is 6.85. The van der Waals surface area contributed by atoms with Crippen molar-refractivity contribution in [2.24, 2.45) is 0 Å². The Bertz CT molecular complexity index is 649. The van der Waals surface area contributed by atoms with E-state index < -0.39 is 0 Å². The van der Waals surface area contributed by atoms with Crippen LogP contribution in [-0.4, -0.2) is 28.2 Å². The molecule has 0 N–H and O–H groups in total. The van der Waals surface area contributed by atoms with E-state index in [1.54, 1.807) is 23.5 Å². The molecule has 24 heavy (non-hydrogen) atoms. The van der Waals surface area contributed by atoms with Crippen molar-refractivity contribution in [3.8, 4) is 0 Å². The van der Waals surface area contributed by atoms with Crippen LogP contribution in [0.1, 0.15) is 38.8 Å². The first kappa shape index (κ1) is 19.3. The summed E-state index contributed by atoms with van der Waals surface area (Å²) < 4.78 is 5.31. The Morgan fingerprint density at radius 1 is 1.17 bits per heavy atom. The minimum Gasteiger partial charge on any atom is -0.498 e. The molecule has 0 bridgehead atoms. The zero-order valence-electron chi connectivity index (χ0n) is 15.4. The maximum absolute atomic E-state index is 13.0. The van der Waals surface area contributed by atoms with Crippen molar-refractivity contribution in [3.63, 3.8) is 0 Å². The summed E-state index contributed by atoms with van der Waals surface area (Å²) >= 11 is 3.60. The van der Waals surface area contributed by atoms with Gasteiger partial charge in [0.2, 0.25) is 0 Å². The van der Waals surface area contributed by atoms with Crippen LogP contribution in [0.4, 0.5) is 5.69 Å². The molecule has 132 valence electrons. The second-order valence-electron chi connectivity index (χ2n) is 5.74. The van der Waals surface area contributed by atoms with Crippen LogP contribution in [0.2, 0.25) is 0 Å². The van der Waals surface area contributed by atoms with Crippen LogP contribution in [0.25, 0.3) is 0 Å². The molecule has 1 aromatic carbocycles. The number of aryl methyl sites for hydroxylation is 2. The van der Waals surface area contributed by atoms with Crippen molar-refractivity contribution in [1.29, 1.82) is 0 Å². The number of ether oxygens (including phenoxy) is 1. The van der Waals surface area contributed by atoms with Crippen molar-refractivity contribution < 1.29 is 9.53 Å². The van der Waals surface area contributed by atoms with Gasteiger partial charge in [-0.15, -0.1) is 23.5 Å². The van der Waals surface area contributed by atoms with E-state index in [0.29, 0.717) is 6.61 Å². The van der Waals surface area contributed by atoms with E-state index >= 15 is 0 Å². The smallest absolute Gasteiger partial charge is 0.263 e. The van der Waals surface area contributed by atoms with Crippen molar-refractivity contribution in [3.05, 3.63) is 40.7 Å². The number of anilines is 1. The van der Waals surface area contributed by atoms with Gasteiger partial charge < -0.3 is 4.74 Å². The second-order valence-corrected chi connectivity index (χ2v) is 8.91. The number of carbonyl (C=O) groups is 1. The number of rotatable bonds is 7. The van der Waals surface area contributed by atoms with Gasteiger partial charge >= 0.3 is 0 Å². The maximum atomic E-state index is 13.0. The average molecular weight is 366 g/mol. The van der Waals surface area contributed by atoms with Gasteiger partial charge in [-0.25, -0.2) is 0 Å². The van der Waals surface area contributed by atoms with E-state index in [-0.39, 0.29) is 10.1 Å². The molecule has 1 saturated heterocycles. The number of benzene rings is 1. The van der Waals surface area contributed by atoms with Gasteiger partial charge in [-0.2, -0.15) is 0 Å². The lowest BCUT2D eigenvalue weighted by Crippen LogP contribution is -2.63. The van der Waals surface area contributed by atoms with Gasteiger partial charge in [0.15, 0.2) is 4.20 Å². The molecule has 5 heteroatoms. The summed E-state index contributed by atoms with van der Waals surface area (Å²) in [7, 11) is 0. The highest BCUT2D eigenvalue weighted by Gasteiger charge is 2.59. The van der Waals surface area contributed by atoms with Gasteiger partial charge in [0.1, 0.15) is 11.3 Å². The Labute approximate surface area is 154 Å². The topological polar surface area (TPSA) is 29.5 Å². The minimum atomic E-state index is -0.389. The van der Waals surface area contributed by atoms with E-state index in [2.05, 4.69) is 45.9 Å². The van der Waals surface area contributed by atoms with Gasteiger partial charge in [0, 0.05) is 5.69 Å². The van der Waals surface area contributed by atoms with Crippen molar-refractivity contribution in [2.75, 3.05) is 23.0 Å². The zero-order valence-corrected chi connectivity index (χ0v) is 17.1. The van der Waals surface area contributed by atoms with Crippen LogP contribution >= 0.6 is 23.5 Å². The van der Waals surface area contributed by atoms with Crippen LogP contribution in [0.15, 0.2) is 29.5 Å². The number of amides is 1. The van der Waals surface area contributed by atoms with E-state index in [1.165, 1.54) is 5.56 Å². The fourth-order valence-corrected chi connectivity index (χ4v) is 6.33. The molecule has 0 atom stereocenters. The van der Waals surface area contributed by atoms with Crippen molar-refractivity contribution in [1.82, 2.24) is 0 Å². The highest BCUT2D eigenvalue weighted by atomic mass is 32.2. The summed E-state index contributed by atoms with van der Waals surface area (Å²) in [5, 5.41) is 0. The van der Waals surface area contributed by atoms with Gasteiger partial charge in [-0.05, 0) is 50.8 Å². The Balaban J connectivity index is 2.57. The van der Waals surface area contributed by atoms with Crippen LogP contribution in [0.5, 0.6) is 0 Å². The average Bonchev–Trinajstić information content (AvgIpc) is 2.50. The number of thioether (sulfide) groups is 2. The standard InChI is InChI=1S/C19H27NO2S2/c1-7-22-15(6)17-18(21)20(19(17,23-8-2)24-9-3)16-11-10-13(4)12-14(16)5/h10-12H,7-9H2,1-6H3/b17-15+. The molecule has 0 unspecified atom stereocenters. The number of carbonyl (C=O) groups excluding carboxylic acids is 1. The minimum absolute atomic E-state index is 0.0646. The number of hydrogen-bond acceptors (Lipinski definition) is 4. The first-order chi connectivity index (χ1) is 11.4. The highest BCUT2D eigenvalue weighted by Crippen LogP contribution is 2.57. The molecule has 1 fully saturated rings. The summed E-state index contributed by atoms with van der Waals surface area (Å²) in [4.78, 5) is 15.0. The van der Waals surface area contributed by atoms with Gasteiger partial charge in [-0.3, -0.25) is 9.69 Å². The van der Waals surface area contributed by atoms with E-state index in [9.17, 15) is 4.79 Å². The molecule has 0 radical (unpaired) electrons. The number of allylic oxidation sites excluding steroid dienone is 1. The molecule has 1 aromatic rings. The lowest BCUT2D eigenvalue weighted by Gasteiger charge is -2.53. The lowest BCUT2D eigenvalue weighted by atomic mass is 10.00. The molecular weight excluding hydrogens is 338 g/mol. The molecule has 1 aliphatic rings. The normalized spacial score (nSPS) is 18.4. The molecular formula is C19H27NO2S2. The number of nitrogens with zero attached hydrogens (tertiary/aromatic N) is 1. The molecule has 1 aliphatic heterocycles. The molecule has 0 saturated carbocycles. The summed E-state index contributed by atoms with van der Waals surface area (Å²) in [6, 6.07) is 6.28. The Hall–Kier alpha value is -1.07. The predicted octanol–water partition coefficient (Wildman–Crippen LogP) is 5.12. The molecule has 0 aliphatic carbocycles. The Morgan fingerprint density at radius 3 is 2.29 bits per heavy atom. The fraction of sp³-hybridized carbons (Fsp3) is 0.526. The summed E-state index contributed by atoms with van der Waals surface area (Å²) in [6.07, 6.45) is 0. The van der Waals surface area contributed by atoms with Crippen molar-refractivity contribution in [2.45, 2.75) is 45.7 Å². The van der Waals surface area contributed by atoms with Gasteiger partial charge in [0.25, 0.3) is 5.91 Å². The molecule has 2 rings (SSSR count). The number of β-lactam (4-membered cyclic amide) rings is 1. The number of hydrogen-bond donors (Lipinski definition) is 0. The Morgan fingerprint density at radius 2 is 1.79 bits per heavy atom. The SMILES string of the molecule is CCO/C(C)=C1\C(=O)N(c2ccc(C)cc2C)C1(SCC)SCC. The van der Waals surface area contributed by atoms with Crippen LogP contribution in [0.3, 0.4) is 0 Å². The zero-order chi connectivity index (χ0) is 17.9. The maximum Gasteiger partial charge on any atom is 0.263 e. The van der Waals surface area contributed by atoms with Crippen molar-refractivity contribution >= 4 is 35.1 Å². The molecule has 0 aromatic heterocycles. The van der Waals surface area contributed by atoms with Crippen LogP contribution in [-0.2, 0) is 9.53 Å². The molecule has 1 amide bonds. The van der Waals surface area contributed by atoms with E-state index in [1.807, 2.05) is 18.7 Å². The third kappa shape index (κ3) is 3.21. The predicted molar refractivity (Wildman–Crippen MR) is 107 cm³/mol. The van der Waals surface area contributed by atoms with E-state index in [4.69, 9.17) is 4.74 Å². The lowest BCUT2D eigenvalue weighted by molar-refractivity contribution is -0.118. The van der Waals surface area contributed by atoms with Crippen LogP contribution in [0, 0.1) is 13.8 Å². The molecule has 0 spiro atoms. The van der Waals surface area contributed by atoms with E-state index in [0.717, 1.165) is 34.1 Å². The van der Waals surface area contributed by atoms with Crippen LogP contribution < -0.4 is 4.90 Å². The largest absolute Gasteiger partial charge is 0.498 e. The monoisotopic (exact) mass is 365 g/mol. The Kier molecular flexibility index (Phi) is 6.32. The first-order valence-electron chi connectivity index (χ1n) is 8.46. The fourth-order valence-electron chi connectivity index (χ4n) is 3.13. The summed E-state index contributed by atoms with van der Waals surface area (Å²) in [5.41, 5.74) is 4.15. The third-order valence-electron chi connectivity index (χ3n) is 4.01.